The number of piperazine rings is 1. The zero-order chi connectivity index (χ0) is 24.8. The van der Waals surface area contributed by atoms with Gasteiger partial charge in [-0.05, 0) is 55.0 Å². The van der Waals surface area contributed by atoms with E-state index in [4.69, 9.17) is 0 Å². The molecule has 0 aliphatic carbocycles. The summed E-state index contributed by atoms with van der Waals surface area (Å²) in [6.45, 7) is 6.42. The summed E-state index contributed by atoms with van der Waals surface area (Å²) in [5.74, 6) is -0.215. The zero-order valence-corrected chi connectivity index (χ0v) is 20.7. The minimum absolute atomic E-state index is 0.00834. The highest BCUT2D eigenvalue weighted by Crippen LogP contribution is 2.27. The number of halogens is 1. The normalized spacial score (nSPS) is 16.9. The molecule has 0 atom stereocenters. The number of aromatic nitrogens is 2. The van der Waals surface area contributed by atoms with E-state index in [1.807, 2.05) is 51.1 Å². The van der Waals surface area contributed by atoms with E-state index in [9.17, 15) is 14.0 Å². The lowest BCUT2D eigenvalue weighted by Gasteiger charge is -2.48. The van der Waals surface area contributed by atoms with Crippen LogP contribution in [0.1, 0.15) is 25.7 Å². The molecule has 0 saturated carbocycles. The van der Waals surface area contributed by atoms with Gasteiger partial charge in [-0.3, -0.25) is 14.5 Å². The fraction of sp³-hybridized carbons (Fsp3) is 0.296. The van der Waals surface area contributed by atoms with Gasteiger partial charge in [0.15, 0.2) is 5.01 Å². The van der Waals surface area contributed by atoms with Gasteiger partial charge in [-0.15, -0.1) is 11.3 Å². The van der Waals surface area contributed by atoms with E-state index in [1.165, 1.54) is 23.5 Å². The molecule has 0 unspecified atom stereocenters. The van der Waals surface area contributed by atoms with Gasteiger partial charge in [0.05, 0.1) is 5.52 Å². The number of thiazole rings is 1. The Morgan fingerprint density at radius 1 is 0.972 bits per heavy atom. The summed E-state index contributed by atoms with van der Waals surface area (Å²) in [7, 11) is 0. The average Bonchev–Trinajstić information content (AvgIpc) is 3.52. The quantitative estimate of drug-likeness (QED) is 0.425. The van der Waals surface area contributed by atoms with Crippen LogP contribution < -0.4 is 0 Å². The number of benzene rings is 2. The molecule has 7 nitrogen and oxygen atoms in total. The molecule has 2 aliphatic rings. The van der Waals surface area contributed by atoms with Crippen molar-refractivity contribution in [3.63, 3.8) is 0 Å². The van der Waals surface area contributed by atoms with E-state index in [-0.39, 0.29) is 17.6 Å². The summed E-state index contributed by atoms with van der Waals surface area (Å²) in [4.78, 5) is 36.0. The Morgan fingerprint density at radius 2 is 1.72 bits per heavy atom. The average molecular weight is 504 g/mol. The molecule has 184 valence electrons. The first-order valence-corrected chi connectivity index (χ1v) is 13.0. The van der Waals surface area contributed by atoms with Crippen molar-refractivity contribution in [3.8, 4) is 5.69 Å². The largest absolute Gasteiger partial charge is 0.335 e. The van der Waals surface area contributed by atoms with Crippen LogP contribution in [0.15, 0.2) is 60.2 Å². The van der Waals surface area contributed by atoms with Crippen molar-refractivity contribution in [3.05, 3.63) is 82.2 Å². The first-order chi connectivity index (χ1) is 17.5. The number of rotatable bonds is 4. The van der Waals surface area contributed by atoms with Crippen molar-refractivity contribution in [1.29, 1.82) is 0 Å². The maximum absolute atomic E-state index is 13.4. The van der Waals surface area contributed by atoms with Crippen LogP contribution in [0.3, 0.4) is 0 Å². The highest BCUT2D eigenvalue weighted by Gasteiger charge is 2.37. The highest BCUT2D eigenvalue weighted by molar-refractivity contribution is 7.11. The monoisotopic (exact) mass is 503 g/mol. The summed E-state index contributed by atoms with van der Waals surface area (Å²) in [5.41, 5.74) is 3.62. The van der Waals surface area contributed by atoms with E-state index in [2.05, 4.69) is 9.88 Å². The molecule has 0 bridgehead atoms. The molecule has 4 heterocycles. The molecule has 0 radical (unpaired) electrons. The van der Waals surface area contributed by atoms with Crippen LogP contribution in [-0.4, -0.2) is 81.4 Å². The zero-order valence-electron chi connectivity index (χ0n) is 19.9. The Hall–Kier alpha value is -3.56. The molecule has 2 saturated heterocycles. The number of hydrogen-bond acceptors (Lipinski definition) is 5. The van der Waals surface area contributed by atoms with Crippen LogP contribution in [-0.2, 0) is 0 Å². The predicted molar refractivity (Wildman–Crippen MR) is 137 cm³/mol. The highest BCUT2D eigenvalue weighted by atomic mass is 32.1. The van der Waals surface area contributed by atoms with Crippen molar-refractivity contribution in [2.75, 3.05) is 39.3 Å². The minimum Gasteiger partial charge on any atom is -0.335 e. The van der Waals surface area contributed by atoms with Gasteiger partial charge in [-0.25, -0.2) is 9.37 Å². The lowest BCUT2D eigenvalue weighted by atomic mass is 10.0. The smallest absolute Gasteiger partial charge is 0.282 e. The molecular formula is C27H26FN5O2S. The molecule has 4 aromatic rings. The third-order valence-corrected chi connectivity index (χ3v) is 8.00. The van der Waals surface area contributed by atoms with E-state index in [0.29, 0.717) is 42.8 Å². The van der Waals surface area contributed by atoms with Crippen LogP contribution >= 0.6 is 11.3 Å². The van der Waals surface area contributed by atoms with Gasteiger partial charge < -0.3 is 14.4 Å². The Bertz CT molecular complexity index is 1420. The Morgan fingerprint density at radius 3 is 2.42 bits per heavy atom. The molecule has 2 amide bonds. The van der Waals surface area contributed by atoms with Crippen molar-refractivity contribution >= 4 is 34.1 Å². The van der Waals surface area contributed by atoms with Crippen molar-refractivity contribution in [2.24, 2.45) is 0 Å². The summed E-state index contributed by atoms with van der Waals surface area (Å²) in [6.07, 6.45) is 3.68. The van der Waals surface area contributed by atoms with Gasteiger partial charge in [0.2, 0.25) is 0 Å². The van der Waals surface area contributed by atoms with Crippen LogP contribution in [0.5, 0.6) is 0 Å². The molecule has 9 heteroatoms. The second-order valence-corrected chi connectivity index (χ2v) is 10.3. The number of carbonyl (C=O) groups is 2. The van der Waals surface area contributed by atoms with Gasteiger partial charge in [-0.2, -0.15) is 0 Å². The third-order valence-electron chi connectivity index (χ3n) is 7.24. The van der Waals surface area contributed by atoms with Crippen LogP contribution in [0.4, 0.5) is 4.39 Å². The van der Waals surface area contributed by atoms with Gasteiger partial charge in [0.1, 0.15) is 5.82 Å². The number of fused-ring (bicyclic) bond motifs is 1. The summed E-state index contributed by atoms with van der Waals surface area (Å²) >= 11 is 1.38. The third kappa shape index (κ3) is 4.08. The maximum Gasteiger partial charge on any atom is 0.282 e. The van der Waals surface area contributed by atoms with Gasteiger partial charge in [-0.1, -0.05) is 0 Å². The number of aryl methyl sites for hydroxylation is 1. The molecule has 2 aliphatic heterocycles. The van der Waals surface area contributed by atoms with E-state index >= 15 is 0 Å². The first-order valence-electron chi connectivity index (χ1n) is 12.1. The number of likely N-dealkylation sites (tertiary alicyclic amines) is 1. The molecule has 36 heavy (non-hydrogen) atoms. The van der Waals surface area contributed by atoms with Crippen LogP contribution in [0.25, 0.3) is 16.6 Å². The molecule has 2 fully saturated rings. The Labute approximate surface area is 212 Å². The predicted octanol–water partition coefficient (Wildman–Crippen LogP) is 3.82. The summed E-state index contributed by atoms with van der Waals surface area (Å²) in [6, 6.07) is 12.5. The number of amides is 2. The standard InChI is InChI=1S/C27H26FN5O2S/c1-18-15-33(21-5-3-20(28)4-6-21)24-7-2-19(14-23(18)24)26(34)32-16-22(17-32)30-9-11-31(12-10-30)27(35)25-29-8-13-36-25/h2-8,13-15,22H,9-12,16-17H2,1H3. The lowest BCUT2D eigenvalue weighted by molar-refractivity contribution is 0.00854. The number of carbonyl (C=O) groups excluding carboxylic acids is 2. The van der Waals surface area contributed by atoms with Gasteiger partial charge in [0.25, 0.3) is 11.8 Å². The second kappa shape index (κ2) is 9.15. The fourth-order valence-corrected chi connectivity index (χ4v) is 5.73. The minimum atomic E-state index is -0.265. The van der Waals surface area contributed by atoms with Gasteiger partial charge in [0, 0.05) is 79.7 Å². The van der Waals surface area contributed by atoms with Gasteiger partial charge >= 0.3 is 0 Å². The second-order valence-electron chi connectivity index (χ2n) is 9.42. The summed E-state index contributed by atoms with van der Waals surface area (Å²) in [5, 5.41) is 3.39. The first kappa shape index (κ1) is 22.9. The molecule has 6 rings (SSSR count). The van der Waals surface area contributed by atoms with Crippen molar-refractivity contribution in [2.45, 2.75) is 13.0 Å². The van der Waals surface area contributed by atoms with Crippen molar-refractivity contribution in [1.82, 2.24) is 24.3 Å². The van der Waals surface area contributed by atoms with Crippen LogP contribution in [0.2, 0.25) is 0 Å². The lowest BCUT2D eigenvalue weighted by Crippen LogP contribution is -2.64. The molecule has 2 aromatic carbocycles. The molecule has 0 spiro atoms. The van der Waals surface area contributed by atoms with E-state index in [1.54, 1.807) is 18.3 Å². The number of hydrogen-bond donors (Lipinski definition) is 0. The van der Waals surface area contributed by atoms with Crippen LogP contribution in [0, 0.1) is 12.7 Å². The maximum atomic E-state index is 13.4. The Kier molecular flexibility index (Phi) is 5.81. The van der Waals surface area contributed by atoms with E-state index < -0.39 is 0 Å². The molecule has 0 N–H and O–H groups in total. The SMILES string of the molecule is Cc1cn(-c2ccc(F)cc2)c2ccc(C(=O)N3CC(N4CCN(C(=O)c5nccs5)CC4)C3)cc12. The Balaban J connectivity index is 1.09. The van der Waals surface area contributed by atoms with Crippen molar-refractivity contribution < 1.29 is 14.0 Å². The fourth-order valence-electron chi connectivity index (χ4n) is 5.13. The molecule has 2 aromatic heterocycles. The molecular weight excluding hydrogens is 477 g/mol. The topological polar surface area (TPSA) is 61.7 Å². The summed E-state index contributed by atoms with van der Waals surface area (Å²) < 4.78 is 15.4. The number of nitrogens with zero attached hydrogens (tertiary/aromatic N) is 5. The van der Waals surface area contributed by atoms with E-state index in [0.717, 1.165) is 35.2 Å².